The Morgan fingerprint density at radius 3 is 2.55 bits per heavy atom. The minimum absolute atomic E-state index is 0.360. The quantitative estimate of drug-likeness (QED) is 0.528. The van der Waals surface area contributed by atoms with Gasteiger partial charge in [-0.1, -0.05) is 66.7 Å². The largest absolute Gasteiger partial charge is 0.0758 e. The third-order valence-corrected chi connectivity index (χ3v) is 4.69. The fourth-order valence-electron chi connectivity index (χ4n) is 3.40. The molecule has 1 unspecified atom stereocenters. The number of rotatable bonds is 1. The second kappa shape index (κ2) is 5.14. The van der Waals surface area contributed by atoms with Gasteiger partial charge >= 0.3 is 0 Å². The zero-order valence-electron chi connectivity index (χ0n) is 13.0. The highest BCUT2D eigenvalue weighted by Gasteiger charge is 2.17. The molecule has 1 aliphatic carbocycles. The van der Waals surface area contributed by atoms with Crippen LogP contribution in [0.4, 0.5) is 0 Å². The highest BCUT2D eigenvalue weighted by atomic mass is 14.2. The molecule has 107 valence electrons. The first-order valence-electron chi connectivity index (χ1n) is 7.84. The summed E-state index contributed by atoms with van der Waals surface area (Å²) in [5.41, 5.74) is 6.75. The lowest BCUT2D eigenvalue weighted by atomic mass is 9.83. The Morgan fingerprint density at radius 1 is 0.818 bits per heavy atom. The van der Waals surface area contributed by atoms with E-state index in [9.17, 15) is 0 Å². The molecule has 0 N–H and O–H groups in total. The van der Waals surface area contributed by atoms with E-state index in [1.807, 2.05) is 0 Å². The molecule has 0 amide bonds. The molecule has 0 nitrogen and oxygen atoms in total. The predicted molar refractivity (Wildman–Crippen MR) is 95.0 cm³/mol. The van der Waals surface area contributed by atoms with E-state index in [0.29, 0.717) is 5.92 Å². The molecular formula is C22H19. The van der Waals surface area contributed by atoms with Crippen molar-refractivity contribution < 1.29 is 0 Å². The number of fused-ring (bicyclic) bond motifs is 2. The maximum Gasteiger partial charge on any atom is 0.00967 e. The van der Waals surface area contributed by atoms with Crippen molar-refractivity contribution in [1.29, 1.82) is 0 Å². The van der Waals surface area contributed by atoms with Crippen LogP contribution in [0.25, 0.3) is 16.8 Å². The number of hydrogen-bond donors (Lipinski definition) is 0. The molecule has 0 fully saturated rings. The number of benzene rings is 3. The van der Waals surface area contributed by atoms with Crippen LogP contribution >= 0.6 is 0 Å². The van der Waals surface area contributed by atoms with E-state index in [1.54, 1.807) is 0 Å². The van der Waals surface area contributed by atoms with Crippen molar-refractivity contribution >= 4 is 16.8 Å². The molecule has 1 radical (unpaired) electrons. The number of aryl methyl sites for hydroxylation is 2. The smallest absolute Gasteiger partial charge is 0.00967 e. The summed E-state index contributed by atoms with van der Waals surface area (Å²) in [5.74, 6) is 0.360. The van der Waals surface area contributed by atoms with Gasteiger partial charge in [-0.2, -0.15) is 0 Å². The molecule has 0 heteroatoms. The molecule has 0 spiro atoms. The van der Waals surface area contributed by atoms with Crippen LogP contribution in [0.5, 0.6) is 0 Å². The molecule has 0 aliphatic heterocycles. The molecule has 1 aliphatic rings. The maximum atomic E-state index is 2.37. The second-order valence-corrected chi connectivity index (χ2v) is 6.18. The van der Waals surface area contributed by atoms with Crippen molar-refractivity contribution in [1.82, 2.24) is 0 Å². The zero-order chi connectivity index (χ0) is 15.1. The highest BCUT2D eigenvalue weighted by Crippen LogP contribution is 2.34. The van der Waals surface area contributed by atoms with Crippen LogP contribution in [0.1, 0.15) is 33.7 Å². The van der Waals surface area contributed by atoms with Crippen LogP contribution in [0.3, 0.4) is 0 Å². The van der Waals surface area contributed by atoms with Gasteiger partial charge in [-0.25, -0.2) is 0 Å². The van der Waals surface area contributed by atoms with Gasteiger partial charge in [0.15, 0.2) is 0 Å². The Morgan fingerprint density at radius 2 is 1.64 bits per heavy atom. The lowest BCUT2D eigenvalue weighted by Crippen LogP contribution is -2.04. The predicted octanol–water partition coefficient (Wildman–Crippen LogP) is 5.82. The summed E-state index contributed by atoms with van der Waals surface area (Å²) >= 11 is 0. The molecule has 1 atom stereocenters. The summed E-state index contributed by atoms with van der Waals surface area (Å²) in [7, 11) is 0. The SMILES string of the molecule is Cc1cccc2c1C=CC(c1ccc3c(C)cccc3c1)[CH]2. The fourth-order valence-corrected chi connectivity index (χ4v) is 3.40. The Kier molecular flexibility index (Phi) is 3.11. The van der Waals surface area contributed by atoms with Gasteiger partial charge in [-0.3, -0.25) is 0 Å². The Balaban J connectivity index is 1.75. The standard InChI is InChI=1S/C22H19/c1-15-5-3-7-19-13-17(9-11-21(15)19)18-10-12-22-16(2)6-4-8-20(22)14-18/h3-14,17H,1-2H3. The zero-order valence-corrected chi connectivity index (χ0v) is 13.0. The average molecular weight is 283 g/mol. The van der Waals surface area contributed by atoms with Crippen LogP contribution in [0.15, 0.2) is 60.7 Å². The molecule has 0 aromatic heterocycles. The van der Waals surface area contributed by atoms with Gasteiger partial charge < -0.3 is 0 Å². The van der Waals surface area contributed by atoms with Gasteiger partial charge in [0.25, 0.3) is 0 Å². The van der Waals surface area contributed by atoms with Crippen molar-refractivity contribution in [3.05, 3.63) is 94.9 Å². The fraction of sp³-hybridized carbons (Fsp3) is 0.136. The number of hydrogen-bond acceptors (Lipinski definition) is 0. The lowest BCUT2D eigenvalue weighted by Gasteiger charge is -2.21. The highest BCUT2D eigenvalue weighted by molar-refractivity contribution is 5.86. The molecular weight excluding hydrogens is 264 g/mol. The van der Waals surface area contributed by atoms with Crippen molar-refractivity contribution in [2.24, 2.45) is 0 Å². The Hall–Kier alpha value is -2.34. The maximum absolute atomic E-state index is 2.37. The minimum atomic E-state index is 0.360. The third kappa shape index (κ3) is 2.16. The number of allylic oxidation sites excluding steroid dienone is 1. The van der Waals surface area contributed by atoms with Gasteiger partial charge in [0.1, 0.15) is 0 Å². The summed E-state index contributed by atoms with van der Waals surface area (Å²) in [6, 6.07) is 19.9. The molecule has 0 heterocycles. The van der Waals surface area contributed by atoms with Crippen LogP contribution in [-0.4, -0.2) is 0 Å². The monoisotopic (exact) mass is 283 g/mol. The van der Waals surface area contributed by atoms with Crippen molar-refractivity contribution in [2.45, 2.75) is 19.8 Å². The average Bonchev–Trinajstić information content (AvgIpc) is 2.55. The molecule has 22 heavy (non-hydrogen) atoms. The molecule has 0 bridgehead atoms. The summed E-state index contributed by atoms with van der Waals surface area (Å²) in [4.78, 5) is 0. The van der Waals surface area contributed by atoms with E-state index >= 15 is 0 Å². The van der Waals surface area contributed by atoms with Crippen LogP contribution in [0, 0.1) is 20.3 Å². The first kappa shape index (κ1) is 13.3. The van der Waals surface area contributed by atoms with Gasteiger partial charge in [0, 0.05) is 12.3 Å². The Labute approximate surface area is 132 Å². The first-order valence-corrected chi connectivity index (χ1v) is 7.84. The van der Waals surface area contributed by atoms with Crippen molar-refractivity contribution in [3.63, 3.8) is 0 Å². The summed E-state index contributed by atoms with van der Waals surface area (Å²) < 4.78 is 0. The summed E-state index contributed by atoms with van der Waals surface area (Å²) in [6.07, 6.45) is 6.96. The molecule has 0 saturated heterocycles. The van der Waals surface area contributed by atoms with Gasteiger partial charge in [-0.15, -0.1) is 0 Å². The van der Waals surface area contributed by atoms with E-state index in [1.165, 1.54) is 38.6 Å². The molecule has 3 aromatic rings. The first-order chi connectivity index (χ1) is 10.7. The third-order valence-electron chi connectivity index (χ3n) is 4.69. The van der Waals surface area contributed by atoms with E-state index in [2.05, 4.69) is 87.0 Å². The van der Waals surface area contributed by atoms with E-state index in [0.717, 1.165) is 0 Å². The lowest BCUT2D eigenvalue weighted by molar-refractivity contribution is 0.996. The van der Waals surface area contributed by atoms with Crippen LogP contribution in [0.2, 0.25) is 0 Å². The molecule has 0 saturated carbocycles. The van der Waals surface area contributed by atoms with Gasteiger partial charge in [-0.05, 0) is 52.4 Å². The Bertz CT molecular complexity index is 884. The topological polar surface area (TPSA) is 0 Å². The van der Waals surface area contributed by atoms with Gasteiger partial charge in [0.05, 0.1) is 0 Å². The van der Waals surface area contributed by atoms with Gasteiger partial charge in [0.2, 0.25) is 0 Å². The van der Waals surface area contributed by atoms with E-state index in [4.69, 9.17) is 0 Å². The van der Waals surface area contributed by atoms with Crippen molar-refractivity contribution in [3.8, 4) is 0 Å². The van der Waals surface area contributed by atoms with Crippen molar-refractivity contribution in [2.75, 3.05) is 0 Å². The van der Waals surface area contributed by atoms with Crippen LogP contribution in [-0.2, 0) is 0 Å². The normalized spacial score (nSPS) is 16.7. The summed E-state index contributed by atoms with van der Waals surface area (Å²) in [6.45, 7) is 4.35. The minimum Gasteiger partial charge on any atom is -0.0758 e. The van der Waals surface area contributed by atoms with Crippen LogP contribution < -0.4 is 0 Å². The van der Waals surface area contributed by atoms with E-state index < -0.39 is 0 Å². The summed E-state index contributed by atoms with van der Waals surface area (Å²) in [5, 5.41) is 2.68. The molecule has 4 rings (SSSR count). The molecule has 3 aromatic carbocycles. The van der Waals surface area contributed by atoms with E-state index in [-0.39, 0.29) is 0 Å². The second-order valence-electron chi connectivity index (χ2n) is 6.18.